The molecule has 4 rings (SSSR count). The lowest BCUT2D eigenvalue weighted by Crippen LogP contribution is -2.36. The number of rotatable bonds is 6. The fourth-order valence-electron chi connectivity index (χ4n) is 3.78. The number of carboxylic acid groups (broad SMARTS) is 1. The molecule has 7 heteroatoms. The van der Waals surface area contributed by atoms with Crippen LogP contribution in [0, 0.1) is 0 Å². The van der Waals surface area contributed by atoms with Crippen LogP contribution in [0.1, 0.15) is 22.7 Å². The van der Waals surface area contributed by atoms with Crippen molar-refractivity contribution in [3.63, 3.8) is 0 Å². The van der Waals surface area contributed by atoms with Gasteiger partial charge in [-0.15, -0.1) is 0 Å². The van der Waals surface area contributed by atoms with Crippen molar-refractivity contribution in [1.82, 2.24) is 14.5 Å². The Morgan fingerprint density at radius 3 is 2.28 bits per heavy atom. The maximum absolute atomic E-state index is 12.7. The number of nitrogens with zero attached hydrogens (tertiary/aromatic N) is 3. The Labute approximate surface area is 168 Å². The summed E-state index contributed by atoms with van der Waals surface area (Å²) < 4.78 is 7.31. The molecule has 1 heterocycles. The number of carbonyl (C=O) groups excluding carboxylic acids is 1. The number of carbonyl (C=O) groups is 2. The number of aliphatic carboxylic acids is 1. The van der Waals surface area contributed by atoms with Gasteiger partial charge in [-0.25, -0.2) is 9.78 Å². The second-order valence-corrected chi connectivity index (χ2v) is 7.08. The van der Waals surface area contributed by atoms with Gasteiger partial charge in [-0.3, -0.25) is 9.69 Å². The van der Waals surface area contributed by atoms with Crippen LogP contribution in [0.3, 0.4) is 0 Å². The lowest BCUT2D eigenvalue weighted by molar-refractivity contribution is -0.138. The van der Waals surface area contributed by atoms with Gasteiger partial charge in [-0.2, -0.15) is 0 Å². The summed E-state index contributed by atoms with van der Waals surface area (Å²) in [5.41, 5.74) is 5.09. The Bertz CT molecular complexity index is 1010. The van der Waals surface area contributed by atoms with Crippen molar-refractivity contribution in [3.8, 4) is 11.1 Å². The normalized spacial score (nSPS) is 12.3. The van der Waals surface area contributed by atoms with E-state index in [2.05, 4.69) is 17.1 Å². The first kappa shape index (κ1) is 18.7. The Morgan fingerprint density at radius 2 is 1.72 bits per heavy atom. The number of ether oxygens (including phenoxy) is 1. The van der Waals surface area contributed by atoms with Crippen LogP contribution < -0.4 is 0 Å². The van der Waals surface area contributed by atoms with Gasteiger partial charge >= 0.3 is 12.1 Å². The van der Waals surface area contributed by atoms with Gasteiger partial charge in [0, 0.05) is 19.2 Å². The Morgan fingerprint density at radius 1 is 1.10 bits per heavy atom. The molecule has 0 radical (unpaired) electrons. The number of hydrogen-bond donors (Lipinski definition) is 1. The standard InChI is InChI=1S/C22H21N3O4/c1-24-10-15(23-14-24)11-25(12-21(26)27)22(28)29-13-20-18-8-4-2-6-16(18)17-7-3-5-9-19(17)20/h2-10,14,20H,11-13H2,1H3,(H,26,27). The van der Waals surface area contributed by atoms with Gasteiger partial charge in [0.25, 0.3) is 0 Å². The Balaban J connectivity index is 1.51. The third-order valence-corrected chi connectivity index (χ3v) is 5.03. The van der Waals surface area contributed by atoms with Gasteiger partial charge in [0.2, 0.25) is 0 Å². The molecule has 0 unspecified atom stereocenters. The molecule has 1 N–H and O–H groups in total. The number of fused-ring (bicyclic) bond motifs is 3. The van der Waals surface area contributed by atoms with Crippen LogP contribution in [0.2, 0.25) is 0 Å². The first-order chi connectivity index (χ1) is 14.0. The van der Waals surface area contributed by atoms with Crippen molar-refractivity contribution in [2.45, 2.75) is 12.5 Å². The Hall–Kier alpha value is -3.61. The highest BCUT2D eigenvalue weighted by molar-refractivity contribution is 5.79. The molecule has 0 bridgehead atoms. The average Bonchev–Trinajstić information content (AvgIpc) is 3.26. The summed E-state index contributed by atoms with van der Waals surface area (Å²) in [5, 5.41) is 9.18. The van der Waals surface area contributed by atoms with Crippen molar-refractivity contribution in [2.24, 2.45) is 7.05 Å². The van der Waals surface area contributed by atoms with Crippen LogP contribution in [0.15, 0.2) is 61.1 Å². The molecule has 1 amide bonds. The zero-order chi connectivity index (χ0) is 20.4. The van der Waals surface area contributed by atoms with E-state index in [0.29, 0.717) is 5.69 Å². The molecule has 148 valence electrons. The minimum atomic E-state index is -1.10. The average molecular weight is 391 g/mol. The molecule has 2 aromatic carbocycles. The van der Waals surface area contributed by atoms with Crippen molar-refractivity contribution in [1.29, 1.82) is 0 Å². The SMILES string of the molecule is Cn1cnc(CN(CC(=O)O)C(=O)OCC2c3ccccc3-c3ccccc32)c1. The number of hydrogen-bond acceptors (Lipinski definition) is 4. The number of carboxylic acids is 1. The summed E-state index contributed by atoms with van der Waals surface area (Å²) in [4.78, 5) is 29.2. The lowest BCUT2D eigenvalue weighted by Gasteiger charge is -2.21. The van der Waals surface area contributed by atoms with Crippen LogP contribution in [-0.2, 0) is 23.1 Å². The molecule has 0 atom stereocenters. The molecule has 7 nitrogen and oxygen atoms in total. The van der Waals surface area contributed by atoms with Crippen molar-refractivity contribution in [2.75, 3.05) is 13.2 Å². The summed E-state index contributed by atoms with van der Waals surface area (Å²) in [6, 6.07) is 16.1. The van der Waals surface area contributed by atoms with Crippen molar-refractivity contribution < 1.29 is 19.4 Å². The molecular weight excluding hydrogens is 370 g/mol. The minimum absolute atomic E-state index is 0.0732. The number of imidazole rings is 1. The number of benzene rings is 2. The quantitative estimate of drug-likeness (QED) is 0.697. The number of amides is 1. The van der Waals surface area contributed by atoms with Crippen LogP contribution in [0.25, 0.3) is 11.1 Å². The second-order valence-electron chi connectivity index (χ2n) is 7.08. The molecule has 1 aromatic heterocycles. The zero-order valence-corrected chi connectivity index (χ0v) is 16.0. The molecule has 29 heavy (non-hydrogen) atoms. The molecule has 0 spiro atoms. The fraction of sp³-hybridized carbons (Fsp3) is 0.227. The smallest absolute Gasteiger partial charge is 0.410 e. The molecule has 0 saturated carbocycles. The highest BCUT2D eigenvalue weighted by Gasteiger charge is 2.30. The van der Waals surface area contributed by atoms with Crippen molar-refractivity contribution >= 4 is 12.1 Å². The van der Waals surface area contributed by atoms with E-state index < -0.39 is 18.6 Å². The van der Waals surface area contributed by atoms with E-state index in [1.54, 1.807) is 17.1 Å². The summed E-state index contributed by atoms with van der Waals surface area (Å²) in [7, 11) is 1.81. The fourth-order valence-corrected chi connectivity index (χ4v) is 3.78. The minimum Gasteiger partial charge on any atom is -0.480 e. The number of aromatic nitrogens is 2. The first-order valence-electron chi connectivity index (χ1n) is 9.31. The van der Waals surface area contributed by atoms with Gasteiger partial charge in [0.1, 0.15) is 13.2 Å². The second kappa shape index (κ2) is 7.79. The van der Waals surface area contributed by atoms with Gasteiger partial charge < -0.3 is 14.4 Å². The predicted molar refractivity (Wildman–Crippen MR) is 106 cm³/mol. The first-order valence-corrected chi connectivity index (χ1v) is 9.31. The third-order valence-electron chi connectivity index (χ3n) is 5.03. The molecule has 1 aliphatic carbocycles. The van der Waals surface area contributed by atoms with Crippen molar-refractivity contribution in [3.05, 3.63) is 77.9 Å². The molecule has 0 fully saturated rings. The lowest BCUT2D eigenvalue weighted by atomic mass is 9.98. The van der Waals surface area contributed by atoms with Crippen LogP contribution in [-0.4, -0.2) is 44.8 Å². The summed E-state index contributed by atoms with van der Waals surface area (Å²) >= 11 is 0. The molecular formula is C22H21N3O4. The molecule has 0 saturated heterocycles. The van der Waals surface area contributed by atoms with Crippen LogP contribution in [0.5, 0.6) is 0 Å². The monoisotopic (exact) mass is 391 g/mol. The van der Waals surface area contributed by atoms with E-state index in [9.17, 15) is 14.7 Å². The van der Waals surface area contributed by atoms with Crippen LogP contribution in [0.4, 0.5) is 4.79 Å². The largest absolute Gasteiger partial charge is 0.480 e. The molecule has 1 aliphatic rings. The van der Waals surface area contributed by atoms with E-state index in [-0.39, 0.29) is 19.1 Å². The van der Waals surface area contributed by atoms with E-state index in [0.717, 1.165) is 27.2 Å². The van der Waals surface area contributed by atoms with E-state index in [4.69, 9.17) is 4.74 Å². The molecule has 0 aliphatic heterocycles. The Kier molecular flexibility index (Phi) is 5.03. The van der Waals surface area contributed by atoms with E-state index in [1.165, 1.54) is 0 Å². The highest BCUT2D eigenvalue weighted by atomic mass is 16.6. The summed E-state index contributed by atoms with van der Waals surface area (Å²) in [6.45, 7) is -0.234. The summed E-state index contributed by atoms with van der Waals surface area (Å²) in [6.07, 6.45) is 2.68. The zero-order valence-electron chi connectivity index (χ0n) is 16.0. The highest BCUT2D eigenvalue weighted by Crippen LogP contribution is 2.44. The van der Waals surface area contributed by atoms with Gasteiger partial charge in [0.05, 0.1) is 18.6 Å². The van der Waals surface area contributed by atoms with Gasteiger partial charge in [0.15, 0.2) is 0 Å². The molecule has 3 aromatic rings. The van der Waals surface area contributed by atoms with E-state index in [1.807, 2.05) is 43.4 Å². The van der Waals surface area contributed by atoms with Gasteiger partial charge in [-0.05, 0) is 22.3 Å². The number of aryl methyl sites for hydroxylation is 1. The third kappa shape index (κ3) is 3.85. The predicted octanol–water partition coefficient (Wildman–Crippen LogP) is 3.26. The topological polar surface area (TPSA) is 84.7 Å². The maximum Gasteiger partial charge on any atom is 0.410 e. The van der Waals surface area contributed by atoms with E-state index >= 15 is 0 Å². The van der Waals surface area contributed by atoms with Crippen LogP contribution >= 0.6 is 0 Å². The maximum atomic E-state index is 12.7. The summed E-state index contributed by atoms with van der Waals surface area (Å²) in [5.74, 6) is -1.18. The van der Waals surface area contributed by atoms with Gasteiger partial charge in [-0.1, -0.05) is 48.5 Å².